The lowest BCUT2D eigenvalue weighted by Gasteiger charge is -1.98. The van der Waals surface area contributed by atoms with Crippen LogP contribution in [0.1, 0.15) is 6.42 Å². The highest BCUT2D eigenvalue weighted by molar-refractivity contribution is 5.64. The van der Waals surface area contributed by atoms with E-state index in [-0.39, 0.29) is 13.1 Å². The van der Waals surface area contributed by atoms with Gasteiger partial charge in [0.05, 0.1) is 0 Å². The minimum Gasteiger partial charge on any atom is -0.320 e. The lowest BCUT2D eigenvalue weighted by atomic mass is 10.4. The highest BCUT2D eigenvalue weighted by Gasteiger charge is 2.14. The van der Waals surface area contributed by atoms with Gasteiger partial charge < -0.3 is 4.74 Å². The average molecular weight is 144 g/mol. The molecule has 0 saturated carbocycles. The van der Waals surface area contributed by atoms with Crippen molar-refractivity contribution >= 4 is 6.29 Å². The summed E-state index contributed by atoms with van der Waals surface area (Å²) in [7, 11) is 0. The van der Waals surface area contributed by atoms with Gasteiger partial charge in [0.25, 0.3) is 0 Å². The molecule has 0 aliphatic carbocycles. The van der Waals surface area contributed by atoms with Gasteiger partial charge in [-0.2, -0.15) is 0 Å². The molecule has 1 rings (SSSR count). The van der Waals surface area contributed by atoms with E-state index in [0.29, 0.717) is 12.7 Å². The molecule has 4 nitrogen and oxygen atoms in total. The van der Waals surface area contributed by atoms with E-state index in [1.54, 1.807) is 6.08 Å². The topological polar surface area (TPSA) is 44.8 Å². The highest BCUT2D eigenvalue weighted by Crippen LogP contribution is 2.08. The van der Waals surface area contributed by atoms with Gasteiger partial charge in [-0.05, 0) is 6.08 Å². The van der Waals surface area contributed by atoms with Crippen LogP contribution < -0.4 is 0 Å². The summed E-state index contributed by atoms with van der Waals surface area (Å²) in [6.45, 7) is 0.166. The third-order valence-electron chi connectivity index (χ3n) is 1.02. The number of carbonyl (C=O) groups excluding carboxylic acids is 1. The molecular formula is C6H8O4. The largest absolute Gasteiger partial charge is 0.320 e. The molecule has 56 valence electrons. The van der Waals surface area contributed by atoms with E-state index >= 15 is 0 Å². The monoisotopic (exact) mass is 144 g/mol. The summed E-state index contributed by atoms with van der Waals surface area (Å²) >= 11 is 0. The Morgan fingerprint density at radius 3 is 3.10 bits per heavy atom. The second kappa shape index (κ2) is 4.16. The van der Waals surface area contributed by atoms with E-state index in [1.807, 2.05) is 0 Å². The van der Waals surface area contributed by atoms with Crippen LogP contribution in [0.5, 0.6) is 0 Å². The molecule has 0 aromatic rings. The van der Waals surface area contributed by atoms with Crippen molar-refractivity contribution < 1.29 is 19.3 Å². The van der Waals surface area contributed by atoms with Gasteiger partial charge >= 0.3 is 0 Å². The molecule has 1 unspecified atom stereocenters. The van der Waals surface area contributed by atoms with E-state index in [4.69, 9.17) is 4.74 Å². The molecule has 0 amide bonds. The first kappa shape index (κ1) is 7.40. The molecule has 1 saturated heterocycles. The number of rotatable bonds is 3. The predicted molar refractivity (Wildman–Crippen MR) is 31.7 cm³/mol. The van der Waals surface area contributed by atoms with Gasteiger partial charge in [0, 0.05) is 6.42 Å². The number of carbonyl (C=O) groups is 1. The Morgan fingerprint density at radius 1 is 1.60 bits per heavy atom. The number of ether oxygens (including phenoxy) is 1. The SMILES string of the molecule is O=C/C=C\CC1OCOO1. The lowest BCUT2D eigenvalue weighted by molar-refractivity contribution is -0.275. The molecular weight excluding hydrogens is 136 g/mol. The second-order valence-electron chi connectivity index (χ2n) is 1.73. The van der Waals surface area contributed by atoms with Crippen molar-refractivity contribution in [2.24, 2.45) is 0 Å². The third-order valence-corrected chi connectivity index (χ3v) is 1.02. The molecule has 0 aromatic carbocycles. The number of allylic oxidation sites excluding steroid dienone is 1. The molecule has 4 heteroatoms. The van der Waals surface area contributed by atoms with Gasteiger partial charge in [-0.15, -0.1) is 0 Å². The molecule has 10 heavy (non-hydrogen) atoms. The van der Waals surface area contributed by atoms with Crippen LogP contribution in [0.4, 0.5) is 0 Å². The Morgan fingerprint density at radius 2 is 2.50 bits per heavy atom. The minimum absolute atomic E-state index is 0.166. The molecule has 1 aliphatic heterocycles. The maximum Gasteiger partial charge on any atom is 0.197 e. The Kier molecular flexibility index (Phi) is 3.08. The molecule has 0 aromatic heterocycles. The maximum absolute atomic E-state index is 9.78. The van der Waals surface area contributed by atoms with E-state index in [9.17, 15) is 4.79 Å². The normalized spacial score (nSPS) is 25.8. The van der Waals surface area contributed by atoms with Crippen LogP contribution in [0.2, 0.25) is 0 Å². The summed E-state index contributed by atoms with van der Waals surface area (Å²) in [6, 6.07) is 0. The van der Waals surface area contributed by atoms with Crippen molar-refractivity contribution in [1.29, 1.82) is 0 Å². The zero-order valence-electron chi connectivity index (χ0n) is 5.36. The number of hydrogen-bond acceptors (Lipinski definition) is 4. The van der Waals surface area contributed by atoms with Crippen LogP contribution in [0.3, 0.4) is 0 Å². The van der Waals surface area contributed by atoms with Crippen molar-refractivity contribution in [3.8, 4) is 0 Å². The van der Waals surface area contributed by atoms with E-state index in [0.717, 1.165) is 0 Å². The van der Waals surface area contributed by atoms with E-state index < -0.39 is 0 Å². The zero-order valence-corrected chi connectivity index (χ0v) is 5.36. The van der Waals surface area contributed by atoms with Gasteiger partial charge in [0.15, 0.2) is 13.1 Å². The van der Waals surface area contributed by atoms with Gasteiger partial charge in [-0.3, -0.25) is 4.79 Å². The van der Waals surface area contributed by atoms with Crippen molar-refractivity contribution in [1.82, 2.24) is 0 Å². The molecule has 1 heterocycles. The van der Waals surface area contributed by atoms with Crippen LogP contribution in [-0.2, 0) is 19.3 Å². The van der Waals surface area contributed by atoms with Crippen molar-refractivity contribution in [2.45, 2.75) is 12.7 Å². The zero-order chi connectivity index (χ0) is 7.23. The fourth-order valence-corrected chi connectivity index (χ4v) is 0.588. The Labute approximate surface area is 58.3 Å². The summed E-state index contributed by atoms with van der Waals surface area (Å²) in [5, 5.41) is 0. The quantitative estimate of drug-likeness (QED) is 0.326. The first-order valence-electron chi connectivity index (χ1n) is 2.93. The van der Waals surface area contributed by atoms with Crippen LogP contribution in [-0.4, -0.2) is 19.4 Å². The Bertz CT molecular complexity index is 126. The molecule has 1 aliphatic rings. The molecule has 1 fully saturated rings. The van der Waals surface area contributed by atoms with Crippen molar-refractivity contribution in [2.75, 3.05) is 6.79 Å². The van der Waals surface area contributed by atoms with Gasteiger partial charge in [-0.25, -0.2) is 9.78 Å². The number of hydrogen-bond donors (Lipinski definition) is 0. The van der Waals surface area contributed by atoms with Crippen molar-refractivity contribution in [3.05, 3.63) is 12.2 Å². The van der Waals surface area contributed by atoms with Gasteiger partial charge in [-0.1, -0.05) is 6.08 Å². The predicted octanol–water partition coefficient (Wildman–Crippen LogP) is 0.394. The van der Waals surface area contributed by atoms with E-state index in [2.05, 4.69) is 9.78 Å². The van der Waals surface area contributed by atoms with Crippen LogP contribution in [0.15, 0.2) is 12.2 Å². The molecule has 0 spiro atoms. The van der Waals surface area contributed by atoms with Gasteiger partial charge in [0.1, 0.15) is 6.29 Å². The summed E-state index contributed by atoms with van der Waals surface area (Å²) < 4.78 is 4.89. The fourth-order valence-electron chi connectivity index (χ4n) is 0.588. The molecule has 0 bridgehead atoms. The second-order valence-corrected chi connectivity index (χ2v) is 1.73. The highest BCUT2D eigenvalue weighted by atomic mass is 17.3. The fraction of sp³-hybridized carbons (Fsp3) is 0.500. The van der Waals surface area contributed by atoms with Gasteiger partial charge in [0.2, 0.25) is 0 Å². The molecule has 1 atom stereocenters. The number of aldehydes is 1. The maximum atomic E-state index is 9.78. The molecule has 0 N–H and O–H groups in total. The molecule has 0 radical (unpaired) electrons. The smallest absolute Gasteiger partial charge is 0.197 e. The first-order valence-corrected chi connectivity index (χ1v) is 2.93. The third kappa shape index (κ3) is 2.26. The minimum atomic E-state index is -0.351. The van der Waals surface area contributed by atoms with E-state index in [1.165, 1.54) is 6.08 Å². The Balaban J connectivity index is 2.12. The van der Waals surface area contributed by atoms with Crippen LogP contribution in [0.25, 0.3) is 0 Å². The summed E-state index contributed by atoms with van der Waals surface area (Å²) in [6.07, 6.45) is 3.95. The summed E-state index contributed by atoms with van der Waals surface area (Å²) in [4.78, 5) is 18.8. The van der Waals surface area contributed by atoms with Crippen molar-refractivity contribution in [3.63, 3.8) is 0 Å². The summed E-state index contributed by atoms with van der Waals surface area (Å²) in [5.74, 6) is 0. The van der Waals surface area contributed by atoms with Crippen LogP contribution >= 0.6 is 0 Å². The lowest BCUT2D eigenvalue weighted by Crippen LogP contribution is -2.04. The first-order chi connectivity index (χ1) is 4.93. The van der Waals surface area contributed by atoms with Crippen LogP contribution in [0, 0.1) is 0 Å². The summed E-state index contributed by atoms with van der Waals surface area (Å²) in [5.41, 5.74) is 0. The Hall–Kier alpha value is -0.710. The average Bonchev–Trinajstić information content (AvgIpc) is 2.41. The standard InChI is InChI=1S/C6H8O4/c7-4-2-1-3-6-8-5-9-10-6/h1-2,4,6H,3,5H2/b2-1-.